The molecule has 0 saturated carbocycles. The van der Waals surface area contributed by atoms with Crippen LogP contribution in [0, 0.1) is 5.21 Å². The van der Waals surface area contributed by atoms with E-state index in [1.807, 2.05) is 32.9 Å². The fraction of sp³-hybridized carbons (Fsp3) is 0.350. The monoisotopic (exact) mass is 341 g/mol. The summed E-state index contributed by atoms with van der Waals surface area (Å²) in [4.78, 5) is 23.2. The van der Waals surface area contributed by atoms with Crippen molar-refractivity contribution >= 4 is 11.8 Å². The average molecular weight is 341 g/mol. The molecule has 5 heteroatoms. The number of nitrogens with zero attached hydrogens (tertiary/aromatic N) is 1. The minimum absolute atomic E-state index is 0.00932. The number of carbonyl (C=O) groups is 2. The van der Waals surface area contributed by atoms with Crippen LogP contribution >= 0.6 is 0 Å². The molecular formula is C20H23NO4. The predicted molar refractivity (Wildman–Crippen MR) is 95.0 cm³/mol. The normalized spacial score (nSPS) is 11.2. The van der Waals surface area contributed by atoms with Crippen molar-refractivity contribution in [3.63, 3.8) is 0 Å². The van der Waals surface area contributed by atoms with Crippen molar-refractivity contribution < 1.29 is 19.1 Å². The smallest absolute Gasteiger partial charge is 0.306 e. The van der Waals surface area contributed by atoms with Crippen LogP contribution in [0.15, 0.2) is 42.6 Å². The van der Waals surface area contributed by atoms with Gasteiger partial charge in [-0.1, -0.05) is 24.3 Å². The Morgan fingerprint density at radius 3 is 2.28 bits per heavy atom. The zero-order valence-corrected chi connectivity index (χ0v) is 15.0. The number of rotatable bonds is 5. The van der Waals surface area contributed by atoms with Gasteiger partial charge in [0, 0.05) is 24.1 Å². The molecule has 0 atom stereocenters. The molecule has 5 nitrogen and oxygen atoms in total. The van der Waals surface area contributed by atoms with Crippen LogP contribution in [0.4, 0.5) is 0 Å². The molecule has 0 aliphatic heterocycles. The van der Waals surface area contributed by atoms with E-state index in [4.69, 9.17) is 4.74 Å². The third-order valence-corrected chi connectivity index (χ3v) is 3.62. The van der Waals surface area contributed by atoms with Crippen molar-refractivity contribution in [1.29, 1.82) is 0 Å². The van der Waals surface area contributed by atoms with Gasteiger partial charge < -0.3 is 9.94 Å². The first-order valence-corrected chi connectivity index (χ1v) is 8.21. The van der Waals surface area contributed by atoms with Crippen LogP contribution in [0.5, 0.6) is 0 Å². The van der Waals surface area contributed by atoms with Crippen molar-refractivity contribution in [3.8, 4) is 11.1 Å². The Morgan fingerprint density at radius 1 is 1.08 bits per heavy atom. The maximum Gasteiger partial charge on any atom is 0.306 e. The van der Waals surface area contributed by atoms with Gasteiger partial charge in [-0.3, -0.25) is 9.59 Å². The number of benzene rings is 1. The Morgan fingerprint density at radius 2 is 1.72 bits per heavy atom. The fourth-order valence-electron chi connectivity index (χ4n) is 2.42. The molecule has 0 saturated heterocycles. The van der Waals surface area contributed by atoms with Crippen LogP contribution in [0.1, 0.15) is 50.2 Å². The summed E-state index contributed by atoms with van der Waals surface area (Å²) < 4.78 is 6.03. The zero-order valence-electron chi connectivity index (χ0n) is 15.0. The van der Waals surface area contributed by atoms with Crippen molar-refractivity contribution in [2.75, 3.05) is 0 Å². The van der Waals surface area contributed by atoms with E-state index in [9.17, 15) is 14.8 Å². The number of carbonyl (C=O) groups excluding carboxylic acids is 2. The molecule has 0 amide bonds. The summed E-state index contributed by atoms with van der Waals surface area (Å²) in [5.41, 5.74) is 2.37. The molecule has 2 rings (SSSR count). The third kappa shape index (κ3) is 5.41. The van der Waals surface area contributed by atoms with E-state index in [1.54, 1.807) is 24.3 Å². The summed E-state index contributed by atoms with van der Waals surface area (Å²) in [5, 5.41) is 12.0. The van der Waals surface area contributed by atoms with E-state index < -0.39 is 5.60 Å². The van der Waals surface area contributed by atoms with Crippen molar-refractivity contribution in [2.24, 2.45) is 0 Å². The number of aromatic nitrogens is 1. The molecule has 0 unspecified atom stereocenters. The first kappa shape index (κ1) is 18.6. The van der Waals surface area contributed by atoms with Crippen LogP contribution in [-0.2, 0) is 16.0 Å². The summed E-state index contributed by atoms with van der Waals surface area (Å²) in [5.74, 6) is -0.321. The number of ether oxygens (including phenoxy) is 1. The molecule has 0 aliphatic rings. The number of pyridine rings is 1. The van der Waals surface area contributed by atoms with Gasteiger partial charge in [0.2, 0.25) is 0 Å². The summed E-state index contributed by atoms with van der Waals surface area (Å²) in [7, 11) is 0. The van der Waals surface area contributed by atoms with E-state index in [2.05, 4.69) is 0 Å². The number of aryl methyl sites for hydroxylation is 1. The second kappa shape index (κ2) is 7.47. The molecule has 1 aromatic carbocycles. The van der Waals surface area contributed by atoms with Crippen molar-refractivity contribution in [1.82, 2.24) is 0 Å². The van der Waals surface area contributed by atoms with Gasteiger partial charge in [-0.05, 0) is 38.8 Å². The summed E-state index contributed by atoms with van der Waals surface area (Å²) >= 11 is 0. The van der Waals surface area contributed by atoms with Crippen LogP contribution in [0.25, 0.3) is 11.1 Å². The topological polar surface area (TPSA) is 70.3 Å². The Labute approximate surface area is 147 Å². The molecule has 132 valence electrons. The van der Waals surface area contributed by atoms with E-state index in [1.165, 1.54) is 13.1 Å². The van der Waals surface area contributed by atoms with E-state index in [0.29, 0.717) is 17.7 Å². The predicted octanol–water partition coefficient (Wildman–Crippen LogP) is 3.46. The fourth-order valence-corrected chi connectivity index (χ4v) is 2.42. The van der Waals surface area contributed by atoms with Gasteiger partial charge in [0.25, 0.3) is 0 Å². The Balaban J connectivity index is 2.14. The highest BCUT2D eigenvalue weighted by atomic mass is 16.6. The lowest BCUT2D eigenvalue weighted by atomic mass is 10.0. The molecule has 1 aromatic heterocycles. The van der Waals surface area contributed by atoms with Gasteiger partial charge in [-0.25, -0.2) is 0 Å². The van der Waals surface area contributed by atoms with Gasteiger partial charge in [0.05, 0.1) is 6.42 Å². The minimum atomic E-state index is -0.537. The van der Waals surface area contributed by atoms with Gasteiger partial charge in [0.1, 0.15) is 5.60 Å². The number of Topliss-reactive ketones (excluding diaryl/α,β-unsaturated/α-hetero) is 1. The van der Waals surface area contributed by atoms with Crippen LogP contribution in [0.2, 0.25) is 0 Å². The molecule has 0 radical (unpaired) electrons. The molecule has 0 bridgehead atoms. The maximum atomic E-state index is 12.0. The molecular weight excluding hydrogens is 318 g/mol. The SMILES string of the molecule is CC(=O)c1ccc(-c2cc[n+]([O-])c(CCC(=O)OC(C)(C)C)c2)cc1. The maximum absolute atomic E-state index is 12.0. The van der Waals surface area contributed by atoms with Crippen molar-refractivity contribution in [2.45, 2.75) is 46.1 Å². The van der Waals surface area contributed by atoms with Crippen LogP contribution in [0.3, 0.4) is 0 Å². The first-order valence-electron chi connectivity index (χ1n) is 8.21. The van der Waals surface area contributed by atoms with Gasteiger partial charge >= 0.3 is 5.97 Å². The van der Waals surface area contributed by atoms with Gasteiger partial charge in [-0.15, -0.1) is 0 Å². The van der Waals surface area contributed by atoms with Gasteiger partial charge in [-0.2, -0.15) is 4.73 Å². The summed E-state index contributed by atoms with van der Waals surface area (Å²) in [6, 6.07) is 10.7. The van der Waals surface area contributed by atoms with Crippen molar-refractivity contribution in [3.05, 3.63) is 59.1 Å². The number of esters is 1. The van der Waals surface area contributed by atoms with E-state index in [-0.39, 0.29) is 18.2 Å². The molecule has 2 aromatic rings. The average Bonchev–Trinajstić information content (AvgIpc) is 2.52. The molecule has 0 spiro atoms. The standard InChI is InChI=1S/C20H23NO4/c1-14(22)15-5-7-16(8-6-15)17-11-12-21(24)18(13-17)9-10-19(23)25-20(2,3)4/h5-8,11-13H,9-10H2,1-4H3. The highest BCUT2D eigenvalue weighted by Crippen LogP contribution is 2.20. The molecule has 0 N–H and O–H groups in total. The first-order chi connectivity index (χ1) is 11.7. The van der Waals surface area contributed by atoms with E-state index >= 15 is 0 Å². The number of ketones is 1. The lowest BCUT2D eigenvalue weighted by molar-refractivity contribution is -0.613. The highest BCUT2D eigenvalue weighted by Gasteiger charge is 2.18. The van der Waals surface area contributed by atoms with Crippen LogP contribution < -0.4 is 4.73 Å². The lowest BCUT2D eigenvalue weighted by Crippen LogP contribution is -2.32. The third-order valence-electron chi connectivity index (χ3n) is 3.62. The molecule has 0 fully saturated rings. The minimum Gasteiger partial charge on any atom is -0.619 e. The quantitative estimate of drug-likeness (QED) is 0.361. The highest BCUT2D eigenvalue weighted by molar-refractivity contribution is 5.94. The second-order valence-electron chi connectivity index (χ2n) is 6.95. The largest absolute Gasteiger partial charge is 0.619 e. The number of hydrogen-bond acceptors (Lipinski definition) is 4. The van der Waals surface area contributed by atoms with Crippen LogP contribution in [-0.4, -0.2) is 17.4 Å². The Hall–Kier alpha value is -2.69. The van der Waals surface area contributed by atoms with E-state index in [0.717, 1.165) is 15.9 Å². The molecule has 0 aliphatic carbocycles. The lowest BCUT2D eigenvalue weighted by Gasteiger charge is -2.19. The Kier molecular flexibility index (Phi) is 5.57. The molecule has 25 heavy (non-hydrogen) atoms. The summed E-state index contributed by atoms with van der Waals surface area (Å²) in [6.07, 6.45) is 1.88. The Bertz CT molecular complexity index is 773. The zero-order chi connectivity index (χ0) is 18.6. The van der Waals surface area contributed by atoms with Gasteiger partial charge in [0.15, 0.2) is 17.7 Å². The summed E-state index contributed by atoms with van der Waals surface area (Å²) in [6.45, 7) is 6.95. The second-order valence-corrected chi connectivity index (χ2v) is 6.95. The molecule has 1 heterocycles. The number of hydrogen-bond donors (Lipinski definition) is 0.